The fourth-order valence-electron chi connectivity index (χ4n) is 2.43. The van der Waals surface area contributed by atoms with Crippen LogP contribution in [-0.4, -0.2) is 25.7 Å². The molecule has 1 fully saturated rings. The molecule has 1 aromatic carbocycles. The Morgan fingerprint density at radius 3 is 2.53 bits per heavy atom. The molecule has 1 N–H and O–H groups in total. The minimum Gasteiger partial charge on any atom is -0.371 e. The molecule has 3 heteroatoms. The van der Waals surface area contributed by atoms with Crippen molar-refractivity contribution in [3.63, 3.8) is 0 Å². The summed E-state index contributed by atoms with van der Waals surface area (Å²) >= 11 is 6.18. The van der Waals surface area contributed by atoms with Gasteiger partial charge in [-0.25, -0.2) is 0 Å². The minimum absolute atomic E-state index is 0.295. The number of benzene rings is 1. The van der Waals surface area contributed by atoms with Gasteiger partial charge >= 0.3 is 0 Å². The van der Waals surface area contributed by atoms with Crippen LogP contribution < -0.4 is 10.2 Å². The fourth-order valence-corrected chi connectivity index (χ4v) is 2.60. The minimum atomic E-state index is 0.295. The Balaban J connectivity index is 2.13. The maximum absolute atomic E-state index is 6.18. The lowest BCUT2D eigenvalue weighted by Gasteiger charge is -2.41. The van der Waals surface area contributed by atoms with E-state index in [1.807, 2.05) is 12.1 Å². The van der Waals surface area contributed by atoms with E-state index in [1.54, 1.807) is 0 Å². The fraction of sp³-hybridized carbons (Fsp3) is 0.571. The van der Waals surface area contributed by atoms with Gasteiger partial charge < -0.3 is 10.2 Å². The number of rotatable bonds is 2. The molecule has 1 saturated heterocycles. The molecular weight excluding hydrogens is 232 g/mol. The molecule has 0 bridgehead atoms. The van der Waals surface area contributed by atoms with E-state index in [0.717, 1.165) is 18.1 Å². The van der Waals surface area contributed by atoms with Gasteiger partial charge in [-0.1, -0.05) is 17.7 Å². The first-order valence-electron chi connectivity index (χ1n) is 6.25. The van der Waals surface area contributed by atoms with Gasteiger partial charge in [-0.3, -0.25) is 0 Å². The van der Waals surface area contributed by atoms with Crippen molar-refractivity contribution in [1.29, 1.82) is 0 Å². The molecule has 1 heterocycles. The van der Waals surface area contributed by atoms with Gasteiger partial charge in [-0.15, -0.1) is 0 Å². The number of halogens is 1. The summed E-state index contributed by atoms with van der Waals surface area (Å²) in [6.45, 7) is 6.59. The van der Waals surface area contributed by atoms with E-state index < -0.39 is 0 Å². The summed E-state index contributed by atoms with van der Waals surface area (Å²) in [5.41, 5.74) is 2.78. The van der Waals surface area contributed by atoms with E-state index in [-0.39, 0.29) is 0 Å². The Kier molecular flexibility index (Phi) is 3.64. The summed E-state index contributed by atoms with van der Waals surface area (Å²) < 4.78 is 0. The lowest BCUT2D eigenvalue weighted by molar-refractivity contribution is 0.305. The van der Waals surface area contributed by atoms with Crippen LogP contribution >= 0.6 is 11.6 Å². The molecule has 2 nitrogen and oxygen atoms in total. The highest BCUT2D eigenvalue weighted by Gasteiger charge is 2.28. The van der Waals surface area contributed by atoms with E-state index in [2.05, 4.69) is 37.2 Å². The molecule has 1 aliphatic rings. The second-order valence-electron chi connectivity index (χ2n) is 5.18. The van der Waals surface area contributed by atoms with Crippen LogP contribution in [0.5, 0.6) is 0 Å². The first-order valence-corrected chi connectivity index (χ1v) is 6.62. The molecule has 0 amide bonds. The predicted octanol–water partition coefficient (Wildman–Crippen LogP) is 3.23. The monoisotopic (exact) mass is 252 g/mol. The van der Waals surface area contributed by atoms with Crippen molar-refractivity contribution in [3.8, 4) is 0 Å². The summed E-state index contributed by atoms with van der Waals surface area (Å²) in [5, 5.41) is 4.29. The molecule has 0 saturated carbocycles. The summed E-state index contributed by atoms with van der Waals surface area (Å²) in [7, 11) is 2.06. The van der Waals surface area contributed by atoms with Gasteiger partial charge in [0, 0.05) is 29.3 Å². The molecule has 0 atom stereocenters. The zero-order valence-electron chi connectivity index (χ0n) is 10.9. The van der Waals surface area contributed by atoms with Crippen molar-refractivity contribution < 1.29 is 0 Å². The van der Waals surface area contributed by atoms with Gasteiger partial charge in [0.1, 0.15) is 0 Å². The average Bonchev–Trinajstić information content (AvgIpc) is 2.34. The smallest absolute Gasteiger partial charge is 0.0455 e. The first-order chi connectivity index (χ1) is 8.06. The number of hydrogen-bond acceptors (Lipinski definition) is 2. The SMILES string of the molecule is CNC1(C)CCN(c2cccc(Cl)c2C)CC1. The second kappa shape index (κ2) is 4.87. The van der Waals surface area contributed by atoms with Crippen LogP contribution in [0.2, 0.25) is 5.02 Å². The largest absolute Gasteiger partial charge is 0.371 e. The third-order valence-corrected chi connectivity index (χ3v) is 4.46. The number of nitrogens with one attached hydrogen (secondary N) is 1. The average molecular weight is 253 g/mol. The highest BCUT2D eigenvalue weighted by molar-refractivity contribution is 6.31. The van der Waals surface area contributed by atoms with Crippen molar-refractivity contribution >= 4 is 17.3 Å². The molecule has 94 valence electrons. The Hall–Kier alpha value is -0.730. The van der Waals surface area contributed by atoms with Gasteiger partial charge in [0.05, 0.1) is 0 Å². The van der Waals surface area contributed by atoms with Crippen molar-refractivity contribution in [2.45, 2.75) is 32.2 Å². The second-order valence-corrected chi connectivity index (χ2v) is 5.59. The number of hydrogen-bond donors (Lipinski definition) is 1. The van der Waals surface area contributed by atoms with E-state index in [1.165, 1.54) is 24.1 Å². The van der Waals surface area contributed by atoms with E-state index in [4.69, 9.17) is 11.6 Å². The molecule has 2 rings (SSSR count). The zero-order valence-corrected chi connectivity index (χ0v) is 11.6. The first kappa shape index (κ1) is 12.7. The van der Waals surface area contributed by atoms with Crippen LogP contribution in [0.15, 0.2) is 18.2 Å². The number of anilines is 1. The third kappa shape index (κ3) is 2.58. The van der Waals surface area contributed by atoms with Crippen LogP contribution in [0.25, 0.3) is 0 Å². The molecule has 0 spiro atoms. The van der Waals surface area contributed by atoms with E-state index in [0.29, 0.717) is 5.54 Å². The predicted molar refractivity (Wildman–Crippen MR) is 75.1 cm³/mol. The molecule has 0 radical (unpaired) electrons. The molecule has 17 heavy (non-hydrogen) atoms. The Labute approximate surface area is 109 Å². The molecular formula is C14H21ClN2. The highest BCUT2D eigenvalue weighted by Crippen LogP contribution is 2.30. The van der Waals surface area contributed by atoms with Crippen LogP contribution in [0, 0.1) is 6.92 Å². The molecule has 1 aromatic rings. The van der Waals surface area contributed by atoms with Crippen molar-refractivity contribution in [2.24, 2.45) is 0 Å². The molecule has 0 aromatic heterocycles. The molecule has 1 aliphatic heterocycles. The topological polar surface area (TPSA) is 15.3 Å². The third-order valence-electron chi connectivity index (χ3n) is 4.05. The van der Waals surface area contributed by atoms with E-state index >= 15 is 0 Å². The summed E-state index contributed by atoms with van der Waals surface area (Å²) in [5.74, 6) is 0. The Bertz CT molecular complexity index is 395. The quantitative estimate of drug-likeness (QED) is 0.870. The van der Waals surface area contributed by atoms with Crippen LogP contribution in [0.4, 0.5) is 5.69 Å². The lowest BCUT2D eigenvalue weighted by Crippen LogP contribution is -2.50. The summed E-state index contributed by atoms with van der Waals surface area (Å²) in [6.07, 6.45) is 2.35. The molecule has 0 unspecified atom stereocenters. The van der Waals surface area contributed by atoms with Gasteiger partial charge in [-0.2, -0.15) is 0 Å². The van der Waals surface area contributed by atoms with Crippen molar-refractivity contribution in [1.82, 2.24) is 5.32 Å². The zero-order chi connectivity index (χ0) is 12.5. The number of piperidine rings is 1. The lowest BCUT2D eigenvalue weighted by atomic mass is 9.89. The van der Waals surface area contributed by atoms with Crippen LogP contribution in [0.1, 0.15) is 25.3 Å². The van der Waals surface area contributed by atoms with Crippen LogP contribution in [0.3, 0.4) is 0 Å². The van der Waals surface area contributed by atoms with Crippen LogP contribution in [-0.2, 0) is 0 Å². The van der Waals surface area contributed by atoms with E-state index in [9.17, 15) is 0 Å². The normalized spacial score (nSPS) is 19.4. The van der Waals surface area contributed by atoms with Crippen molar-refractivity contribution in [2.75, 3.05) is 25.0 Å². The van der Waals surface area contributed by atoms with Gasteiger partial charge in [0.15, 0.2) is 0 Å². The Morgan fingerprint density at radius 1 is 1.29 bits per heavy atom. The van der Waals surface area contributed by atoms with Gasteiger partial charge in [-0.05, 0) is 51.4 Å². The maximum atomic E-state index is 6.18. The van der Waals surface area contributed by atoms with Gasteiger partial charge in [0.2, 0.25) is 0 Å². The summed E-state index contributed by atoms with van der Waals surface area (Å²) in [4.78, 5) is 2.44. The molecule has 0 aliphatic carbocycles. The standard InChI is InChI=1S/C14H21ClN2/c1-11-12(15)5-4-6-13(11)17-9-7-14(2,16-3)8-10-17/h4-6,16H,7-10H2,1-3H3. The van der Waals surface area contributed by atoms with Gasteiger partial charge in [0.25, 0.3) is 0 Å². The number of nitrogens with zero attached hydrogens (tertiary/aromatic N) is 1. The maximum Gasteiger partial charge on any atom is 0.0455 e. The summed E-state index contributed by atoms with van der Waals surface area (Å²) in [6, 6.07) is 6.17. The highest BCUT2D eigenvalue weighted by atomic mass is 35.5. The van der Waals surface area contributed by atoms with Crippen molar-refractivity contribution in [3.05, 3.63) is 28.8 Å². The Morgan fingerprint density at radius 2 is 1.94 bits per heavy atom.